The molecular weight excluding hydrogens is 220 g/mol. The number of nitrogens with one attached hydrogen (secondary N) is 1. The van der Waals surface area contributed by atoms with E-state index in [-0.39, 0.29) is 10.6 Å². The molecule has 0 amide bonds. The van der Waals surface area contributed by atoms with Gasteiger partial charge in [-0.3, -0.25) is 10.1 Å². The van der Waals surface area contributed by atoms with Crippen LogP contribution >= 0.6 is 0 Å². The molecule has 1 saturated heterocycles. The van der Waals surface area contributed by atoms with Gasteiger partial charge in [-0.2, -0.15) is 0 Å². The van der Waals surface area contributed by atoms with Crippen molar-refractivity contribution in [1.82, 2.24) is 0 Å². The van der Waals surface area contributed by atoms with Gasteiger partial charge in [-0.1, -0.05) is 0 Å². The average molecular weight is 236 g/mol. The maximum Gasteiger partial charge on any atom is 0.272 e. The van der Waals surface area contributed by atoms with Gasteiger partial charge in [0.1, 0.15) is 0 Å². The van der Waals surface area contributed by atoms with Gasteiger partial charge in [-0.25, -0.2) is 0 Å². The van der Waals surface area contributed by atoms with Gasteiger partial charge < -0.3 is 10.1 Å². The van der Waals surface area contributed by atoms with Crippen LogP contribution < -0.4 is 5.32 Å². The highest BCUT2D eigenvalue weighted by Crippen LogP contribution is 2.23. The van der Waals surface area contributed by atoms with Gasteiger partial charge in [0.05, 0.1) is 11.5 Å². The number of hydrogen-bond acceptors (Lipinski definition) is 4. The molecular formula is C12H16N2O3. The fourth-order valence-electron chi connectivity index (χ4n) is 2.04. The first-order valence-electron chi connectivity index (χ1n) is 5.76. The van der Waals surface area contributed by atoms with Crippen molar-refractivity contribution in [2.45, 2.75) is 25.8 Å². The molecule has 1 aliphatic heterocycles. The molecule has 1 fully saturated rings. The largest absolute Gasteiger partial charge is 0.380 e. The van der Waals surface area contributed by atoms with Crippen molar-refractivity contribution >= 4 is 11.4 Å². The van der Waals surface area contributed by atoms with E-state index in [4.69, 9.17) is 4.74 Å². The van der Waals surface area contributed by atoms with Gasteiger partial charge in [-0.05, 0) is 31.9 Å². The third-order valence-corrected chi connectivity index (χ3v) is 2.92. The van der Waals surface area contributed by atoms with Gasteiger partial charge in [-0.15, -0.1) is 0 Å². The zero-order chi connectivity index (χ0) is 12.3. The zero-order valence-electron chi connectivity index (χ0n) is 9.81. The summed E-state index contributed by atoms with van der Waals surface area (Å²) in [6, 6.07) is 5.41. The summed E-state index contributed by atoms with van der Waals surface area (Å²) in [5.41, 5.74) is 1.76. The van der Waals surface area contributed by atoms with Crippen LogP contribution in [0.3, 0.4) is 0 Å². The van der Waals surface area contributed by atoms with Crippen molar-refractivity contribution < 1.29 is 9.66 Å². The van der Waals surface area contributed by atoms with Gasteiger partial charge in [0.2, 0.25) is 0 Å². The molecule has 2 rings (SSSR count). The van der Waals surface area contributed by atoms with Crippen LogP contribution in [0.25, 0.3) is 0 Å². The number of anilines is 1. The Morgan fingerprint density at radius 1 is 1.53 bits per heavy atom. The van der Waals surface area contributed by atoms with E-state index in [0.29, 0.717) is 18.2 Å². The number of nitro benzene ring substituents is 1. The summed E-state index contributed by atoms with van der Waals surface area (Å²) in [7, 11) is 0. The van der Waals surface area contributed by atoms with Crippen molar-refractivity contribution in [3.63, 3.8) is 0 Å². The molecule has 0 saturated carbocycles. The van der Waals surface area contributed by atoms with Crippen LogP contribution in [0.1, 0.15) is 18.4 Å². The van der Waals surface area contributed by atoms with Gasteiger partial charge in [0.25, 0.3) is 5.69 Å². The second kappa shape index (κ2) is 5.14. The van der Waals surface area contributed by atoms with E-state index in [1.165, 1.54) is 0 Å². The summed E-state index contributed by atoms with van der Waals surface area (Å²) in [5, 5.41) is 14.0. The molecule has 0 radical (unpaired) electrons. The SMILES string of the molecule is Cc1cc(NC2CCCOC2)ccc1[N+](=O)[O-]. The first-order chi connectivity index (χ1) is 8.16. The Balaban J connectivity index is 2.06. The van der Waals surface area contributed by atoms with E-state index in [1.54, 1.807) is 19.1 Å². The number of hydrogen-bond donors (Lipinski definition) is 1. The highest BCUT2D eigenvalue weighted by molar-refractivity contribution is 5.54. The number of nitrogens with zero attached hydrogens (tertiary/aromatic N) is 1. The predicted octanol–water partition coefficient (Wildman–Crippen LogP) is 2.49. The quantitative estimate of drug-likeness (QED) is 0.647. The molecule has 5 nitrogen and oxygen atoms in total. The molecule has 1 N–H and O–H groups in total. The molecule has 0 aromatic heterocycles. The van der Waals surface area contributed by atoms with E-state index < -0.39 is 0 Å². The molecule has 0 aliphatic carbocycles. The Kier molecular flexibility index (Phi) is 3.58. The smallest absolute Gasteiger partial charge is 0.272 e. The Bertz CT molecular complexity index is 414. The second-order valence-electron chi connectivity index (χ2n) is 4.32. The minimum Gasteiger partial charge on any atom is -0.380 e. The molecule has 92 valence electrons. The predicted molar refractivity (Wildman–Crippen MR) is 65.3 cm³/mol. The van der Waals surface area contributed by atoms with Crippen LogP contribution in [-0.2, 0) is 4.74 Å². The molecule has 17 heavy (non-hydrogen) atoms. The van der Waals surface area contributed by atoms with Crippen LogP contribution in [0.5, 0.6) is 0 Å². The number of ether oxygens (including phenoxy) is 1. The van der Waals surface area contributed by atoms with Gasteiger partial charge in [0.15, 0.2) is 0 Å². The molecule has 1 aliphatic rings. The fraction of sp³-hybridized carbons (Fsp3) is 0.500. The first-order valence-corrected chi connectivity index (χ1v) is 5.76. The average Bonchev–Trinajstić information content (AvgIpc) is 2.30. The zero-order valence-corrected chi connectivity index (χ0v) is 9.81. The molecule has 1 aromatic carbocycles. The van der Waals surface area contributed by atoms with Crippen LogP contribution in [0, 0.1) is 17.0 Å². The van der Waals surface area contributed by atoms with Crippen molar-refractivity contribution in [2.75, 3.05) is 18.5 Å². The van der Waals surface area contributed by atoms with E-state index in [1.807, 2.05) is 6.07 Å². The van der Waals surface area contributed by atoms with E-state index >= 15 is 0 Å². The maximum absolute atomic E-state index is 10.7. The topological polar surface area (TPSA) is 64.4 Å². The third-order valence-electron chi connectivity index (χ3n) is 2.92. The Hall–Kier alpha value is -1.62. The van der Waals surface area contributed by atoms with Crippen LogP contribution in [0.2, 0.25) is 0 Å². The van der Waals surface area contributed by atoms with Crippen molar-refractivity contribution in [2.24, 2.45) is 0 Å². The third kappa shape index (κ3) is 2.94. The Morgan fingerprint density at radius 3 is 2.94 bits per heavy atom. The lowest BCUT2D eigenvalue weighted by Crippen LogP contribution is -2.29. The summed E-state index contributed by atoms with van der Waals surface area (Å²) < 4.78 is 5.38. The molecule has 1 aromatic rings. The van der Waals surface area contributed by atoms with Crippen molar-refractivity contribution in [3.8, 4) is 0 Å². The molecule has 0 spiro atoms. The summed E-state index contributed by atoms with van der Waals surface area (Å²) in [4.78, 5) is 10.3. The minimum atomic E-state index is -0.358. The summed E-state index contributed by atoms with van der Waals surface area (Å²) >= 11 is 0. The molecule has 1 unspecified atom stereocenters. The lowest BCUT2D eigenvalue weighted by atomic mass is 10.1. The van der Waals surface area contributed by atoms with Crippen LogP contribution in [0.4, 0.5) is 11.4 Å². The molecule has 5 heteroatoms. The standard InChI is InChI=1S/C12H16N2O3/c1-9-7-10(4-5-12(9)14(15)16)13-11-3-2-6-17-8-11/h4-5,7,11,13H,2-3,6,8H2,1H3. The Labute approximate surface area is 99.9 Å². The van der Waals surface area contributed by atoms with E-state index in [9.17, 15) is 10.1 Å². The van der Waals surface area contributed by atoms with E-state index in [0.717, 1.165) is 25.1 Å². The minimum absolute atomic E-state index is 0.162. The lowest BCUT2D eigenvalue weighted by molar-refractivity contribution is -0.385. The van der Waals surface area contributed by atoms with Crippen LogP contribution in [0.15, 0.2) is 18.2 Å². The monoisotopic (exact) mass is 236 g/mol. The highest BCUT2D eigenvalue weighted by atomic mass is 16.6. The fourth-order valence-corrected chi connectivity index (χ4v) is 2.04. The first kappa shape index (κ1) is 11.9. The normalized spacial score (nSPS) is 19.9. The molecule has 1 atom stereocenters. The number of nitro groups is 1. The highest BCUT2D eigenvalue weighted by Gasteiger charge is 2.15. The van der Waals surface area contributed by atoms with Gasteiger partial charge in [0, 0.05) is 30.0 Å². The van der Waals surface area contributed by atoms with Crippen LogP contribution in [-0.4, -0.2) is 24.2 Å². The second-order valence-corrected chi connectivity index (χ2v) is 4.32. The van der Waals surface area contributed by atoms with Gasteiger partial charge >= 0.3 is 0 Å². The van der Waals surface area contributed by atoms with E-state index in [2.05, 4.69) is 5.32 Å². The number of aryl methyl sites for hydroxylation is 1. The number of rotatable bonds is 3. The molecule has 1 heterocycles. The molecule has 0 bridgehead atoms. The summed E-state index contributed by atoms with van der Waals surface area (Å²) in [6.45, 7) is 3.29. The Morgan fingerprint density at radius 2 is 2.35 bits per heavy atom. The summed E-state index contributed by atoms with van der Waals surface area (Å²) in [6.07, 6.45) is 2.14. The maximum atomic E-state index is 10.7. The van der Waals surface area contributed by atoms with Crippen molar-refractivity contribution in [1.29, 1.82) is 0 Å². The number of benzene rings is 1. The lowest BCUT2D eigenvalue weighted by Gasteiger charge is -2.24. The van der Waals surface area contributed by atoms with Crippen molar-refractivity contribution in [3.05, 3.63) is 33.9 Å². The summed E-state index contributed by atoms with van der Waals surface area (Å²) in [5.74, 6) is 0.